The van der Waals surface area contributed by atoms with Crippen LogP contribution in [0.25, 0.3) is 11.2 Å². The van der Waals surface area contributed by atoms with Crippen molar-refractivity contribution in [2.45, 2.75) is 39.5 Å². The number of aromatic nitrogens is 5. The van der Waals surface area contributed by atoms with Crippen LogP contribution in [-0.4, -0.2) is 52.9 Å². The van der Waals surface area contributed by atoms with Gasteiger partial charge >= 0.3 is 0 Å². The molecule has 0 aliphatic heterocycles. The molecule has 0 spiro atoms. The second kappa shape index (κ2) is 8.03. The van der Waals surface area contributed by atoms with Crippen molar-refractivity contribution in [1.29, 1.82) is 0 Å². The lowest BCUT2D eigenvalue weighted by molar-refractivity contribution is 0.208. The summed E-state index contributed by atoms with van der Waals surface area (Å²) < 4.78 is 1.67. The molecule has 10 nitrogen and oxygen atoms in total. The standard InChI is InChI=1S/C17H22ClN7O3/c1-8(2)25-16-12(23-24-25)15(21-17(22-16)20-6-9(3)26)19-7-10-4-5-11(18)14(28)13(10)27/h4-5,8-9,26-28H,6-7H2,1-3H3,(H2,19,20,21,22). The maximum atomic E-state index is 10.1. The Hall–Kier alpha value is -2.85. The molecule has 2 heterocycles. The molecule has 1 unspecified atom stereocenters. The number of aliphatic hydroxyl groups is 1. The minimum atomic E-state index is -0.571. The molecule has 1 atom stereocenters. The fraction of sp³-hybridized carbons (Fsp3) is 0.412. The minimum absolute atomic E-state index is 0.0367. The van der Waals surface area contributed by atoms with Crippen LogP contribution in [0, 0.1) is 0 Å². The molecule has 11 heteroatoms. The van der Waals surface area contributed by atoms with E-state index in [1.807, 2.05) is 13.8 Å². The van der Waals surface area contributed by atoms with E-state index in [0.29, 0.717) is 28.5 Å². The normalized spacial score (nSPS) is 12.5. The molecule has 150 valence electrons. The number of aliphatic hydroxyl groups excluding tert-OH is 1. The highest BCUT2D eigenvalue weighted by atomic mass is 35.5. The zero-order chi connectivity index (χ0) is 20.4. The largest absolute Gasteiger partial charge is 0.504 e. The van der Waals surface area contributed by atoms with Gasteiger partial charge in [-0.05, 0) is 26.8 Å². The zero-order valence-corrected chi connectivity index (χ0v) is 16.4. The summed E-state index contributed by atoms with van der Waals surface area (Å²) in [6.45, 7) is 6.01. The van der Waals surface area contributed by atoms with Gasteiger partial charge in [0.2, 0.25) is 5.95 Å². The number of nitrogens with one attached hydrogen (secondary N) is 2. The SMILES string of the molecule is CC(O)CNc1nc(NCc2ccc(Cl)c(O)c2O)c2nnn(C(C)C)c2n1. The van der Waals surface area contributed by atoms with Crippen molar-refractivity contribution in [1.82, 2.24) is 25.0 Å². The third kappa shape index (κ3) is 4.02. The predicted molar refractivity (Wildman–Crippen MR) is 106 cm³/mol. The summed E-state index contributed by atoms with van der Waals surface area (Å²) in [5.74, 6) is 0.0320. The molecule has 0 fully saturated rings. The molecule has 0 amide bonds. The zero-order valence-electron chi connectivity index (χ0n) is 15.7. The molecule has 0 radical (unpaired) electrons. The number of aromatic hydroxyl groups is 2. The molecular formula is C17H22ClN7O3. The number of benzene rings is 1. The molecule has 3 rings (SSSR count). The first kappa shape index (κ1) is 19.9. The van der Waals surface area contributed by atoms with Crippen LogP contribution in [0.5, 0.6) is 11.5 Å². The maximum absolute atomic E-state index is 10.1. The van der Waals surface area contributed by atoms with E-state index in [0.717, 1.165) is 0 Å². The van der Waals surface area contributed by atoms with Gasteiger partial charge in [-0.1, -0.05) is 22.9 Å². The first-order valence-electron chi connectivity index (χ1n) is 8.76. The summed E-state index contributed by atoms with van der Waals surface area (Å²) in [6, 6.07) is 3.13. The molecule has 0 saturated heterocycles. The highest BCUT2D eigenvalue weighted by Crippen LogP contribution is 2.36. The number of fused-ring (bicyclic) bond motifs is 1. The van der Waals surface area contributed by atoms with E-state index >= 15 is 0 Å². The third-order valence-corrected chi connectivity index (χ3v) is 4.31. The van der Waals surface area contributed by atoms with E-state index in [9.17, 15) is 15.3 Å². The average Bonchev–Trinajstić information content (AvgIpc) is 3.08. The highest BCUT2D eigenvalue weighted by Gasteiger charge is 2.17. The lowest BCUT2D eigenvalue weighted by Gasteiger charge is -2.12. The van der Waals surface area contributed by atoms with Crippen LogP contribution in [0.1, 0.15) is 32.4 Å². The van der Waals surface area contributed by atoms with Crippen molar-refractivity contribution in [2.24, 2.45) is 0 Å². The Morgan fingerprint density at radius 1 is 1.11 bits per heavy atom. The van der Waals surface area contributed by atoms with Gasteiger partial charge in [-0.25, -0.2) is 4.68 Å². The van der Waals surface area contributed by atoms with Crippen molar-refractivity contribution in [3.05, 3.63) is 22.7 Å². The lowest BCUT2D eigenvalue weighted by atomic mass is 10.2. The van der Waals surface area contributed by atoms with Gasteiger partial charge in [0.1, 0.15) is 0 Å². The van der Waals surface area contributed by atoms with E-state index in [4.69, 9.17) is 11.6 Å². The van der Waals surface area contributed by atoms with Gasteiger partial charge in [0.25, 0.3) is 0 Å². The van der Waals surface area contributed by atoms with Gasteiger partial charge in [0, 0.05) is 18.7 Å². The summed E-state index contributed by atoms with van der Waals surface area (Å²) >= 11 is 5.79. The van der Waals surface area contributed by atoms with Crippen molar-refractivity contribution in [3.8, 4) is 11.5 Å². The van der Waals surface area contributed by atoms with Crippen LogP contribution in [0.3, 0.4) is 0 Å². The number of halogens is 1. The van der Waals surface area contributed by atoms with Crippen LogP contribution in [0.4, 0.5) is 11.8 Å². The Morgan fingerprint density at radius 3 is 2.54 bits per heavy atom. The lowest BCUT2D eigenvalue weighted by Crippen LogP contribution is -2.18. The van der Waals surface area contributed by atoms with Gasteiger partial charge in [-0.15, -0.1) is 5.10 Å². The van der Waals surface area contributed by atoms with Crippen LogP contribution >= 0.6 is 11.6 Å². The summed E-state index contributed by atoms with van der Waals surface area (Å²) in [5, 5.41) is 43.8. The predicted octanol–water partition coefficient (Wildman–Crippen LogP) is 2.27. The van der Waals surface area contributed by atoms with E-state index in [1.165, 1.54) is 6.07 Å². The number of anilines is 2. The number of nitrogens with zero attached hydrogens (tertiary/aromatic N) is 5. The first-order chi connectivity index (χ1) is 13.3. The number of phenolic OH excluding ortho intramolecular Hbond substituents is 2. The second-order valence-electron chi connectivity index (χ2n) is 6.68. The van der Waals surface area contributed by atoms with Gasteiger partial charge in [-0.3, -0.25) is 0 Å². The number of phenols is 2. The quantitative estimate of drug-likeness (QED) is 0.373. The molecule has 28 heavy (non-hydrogen) atoms. The summed E-state index contributed by atoms with van der Waals surface area (Å²) in [7, 11) is 0. The minimum Gasteiger partial charge on any atom is -0.504 e. The molecule has 0 aliphatic carbocycles. The summed E-state index contributed by atoms with van der Waals surface area (Å²) in [5.41, 5.74) is 1.43. The average molecular weight is 408 g/mol. The monoisotopic (exact) mass is 407 g/mol. The van der Waals surface area contributed by atoms with E-state index in [1.54, 1.807) is 17.7 Å². The number of hydrogen-bond donors (Lipinski definition) is 5. The highest BCUT2D eigenvalue weighted by molar-refractivity contribution is 6.32. The molecule has 0 bridgehead atoms. The van der Waals surface area contributed by atoms with Crippen LogP contribution in [-0.2, 0) is 6.54 Å². The Morgan fingerprint density at radius 2 is 1.86 bits per heavy atom. The Balaban J connectivity index is 1.95. The topological polar surface area (TPSA) is 141 Å². The van der Waals surface area contributed by atoms with Gasteiger partial charge < -0.3 is 26.0 Å². The number of hydrogen-bond acceptors (Lipinski definition) is 9. The van der Waals surface area contributed by atoms with E-state index < -0.39 is 6.10 Å². The molecule has 2 aromatic heterocycles. The van der Waals surface area contributed by atoms with Crippen LogP contribution in [0.2, 0.25) is 5.02 Å². The van der Waals surface area contributed by atoms with Gasteiger partial charge in [-0.2, -0.15) is 9.97 Å². The Bertz CT molecular complexity index is 991. The van der Waals surface area contributed by atoms with Gasteiger partial charge in [0.05, 0.1) is 17.2 Å². The summed E-state index contributed by atoms with van der Waals surface area (Å²) in [6.07, 6.45) is -0.571. The first-order valence-corrected chi connectivity index (χ1v) is 9.13. The fourth-order valence-corrected chi connectivity index (χ4v) is 2.69. The molecule has 0 aliphatic rings. The number of rotatable bonds is 7. The van der Waals surface area contributed by atoms with E-state index in [-0.39, 0.29) is 35.7 Å². The molecular weight excluding hydrogens is 386 g/mol. The Kier molecular flexibility index (Phi) is 5.71. The second-order valence-corrected chi connectivity index (χ2v) is 7.09. The Labute approximate surface area is 166 Å². The molecule has 5 N–H and O–H groups in total. The summed E-state index contributed by atoms with van der Waals surface area (Å²) in [4.78, 5) is 8.84. The fourth-order valence-electron chi connectivity index (χ4n) is 2.54. The van der Waals surface area contributed by atoms with Crippen molar-refractivity contribution in [3.63, 3.8) is 0 Å². The van der Waals surface area contributed by atoms with Crippen LogP contribution in [0.15, 0.2) is 12.1 Å². The molecule has 1 aromatic carbocycles. The van der Waals surface area contributed by atoms with Crippen molar-refractivity contribution < 1.29 is 15.3 Å². The smallest absolute Gasteiger partial charge is 0.226 e. The molecule has 0 saturated carbocycles. The van der Waals surface area contributed by atoms with Crippen molar-refractivity contribution in [2.75, 3.05) is 17.2 Å². The molecule has 3 aromatic rings. The van der Waals surface area contributed by atoms with Crippen LogP contribution < -0.4 is 10.6 Å². The van der Waals surface area contributed by atoms with Crippen molar-refractivity contribution >= 4 is 34.5 Å². The maximum Gasteiger partial charge on any atom is 0.226 e. The third-order valence-electron chi connectivity index (χ3n) is 4.00. The van der Waals surface area contributed by atoms with E-state index in [2.05, 4.69) is 30.9 Å². The van der Waals surface area contributed by atoms with Gasteiger partial charge in [0.15, 0.2) is 28.5 Å².